The highest BCUT2D eigenvalue weighted by molar-refractivity contribution is 4.68. The van der Waals surface area contributed by atoms with E-state index in [1.807, 2.05) is 0 Å². The van der Waals surface area contributed by atoms with Crippen molar-refractivity contribution >= 4 is 0 Å². The van der Waals surface area contributed by atoms with E-state index in [9.17, 15) is 0 Å². The molecule has 0 aliphatic carbocycles. The van der Waals surface area contributed by atoms with Gasteiger partial charge in [0.1, 0.15) is 0 Å². The van der Waals surface area contributed by atoms with Crippen LogP contribution in [0.4, 0.5) is 0 Å². The van der Waals surface area contributed by atoms with Gasteiger partial charge in [0.25, 0.3) is 0 Å². The minimum atomic E-state index is 0.722. The summed E-state index contributed by atoms with van der Waals surface area (Å²) in [4.78, 5) is 2.65. The largest absolute Gasteiger partial charge is 0.314 e. The Hall–Kier alpha value is -0.0800. The zero-order valence-electron chi connectivity index (χ0n) is 14.3. The lowest BCUT2D eigenvalue weighted by Crippen LogP contribution is -2.34. The van der Waals surface area contributed by atoms with Gasteiger partial charge in [-0.25, -0.2) is 0 Å². The molecule has 0 aliphatic heterocycles. The molecule has 2 heteroatoms. The fraction of sp³-hybridized carbons (Fsp3) is 1.00. The fourth-order valence-electron chi connectivity index (χ4n) is 2.65. The second-order valence-electron chi connectivity index (χ2n) is 6.75. The molecule has 0 aromatic heterocycles. The summed E-state index contributed by atoms with van der Waals surface area (Å²) in [6.07, 6.45) is 5.15. The van der Waals surface area contributed by atoms with Crippen LogP contribution in [0.15, 0.2) is 0 Å². The Morgan fingerprint density at radius 2 is 1.53 bits per heavy atom. The number of hydrogen-bond acceptors (Lipinski definition) is 2. The molecular weight excluding hydrogens is 232 g/mol. The number of rotatable bonds is 12. The van der Waals surface area contributed by atoms with E-state index >= 15 is 0 Å². The summed E-state index contributed by atoms with van der Waals surface area (Å²) in [5, 5.41) is 3.66. The molecule has 0 radical (unpaired) electrons. The standard InChI is InChI=1S/C17H38N2/c1-7-11-18-17(8-2)10-9-12-19(13-15(3)4)14-16(5)6/h15-18H,7-14H2,1-6H3. The van der Waals surface area contributed by atoms with Crippen LogP contribution in [0, 0.1) is 11.8 Å². The summed E-state index contributed by atoms with van der Waals surface area (Å²) < 4.78 is 0. The Bertz CT molecular complexity index is 180. The van der Waals surface area contributed by atoms with Gasteiger partial charge in [-0.2, -0.15) is 0 Å². The molecule has 0 saturated heterocycles. The Labute approximate surface area is 122 Å². The third kappa shape index (κ3) is 11.4. The predicted molar refractivity (Wildman–Crippen MR) is 87.7 cm³/mol. The van der Waals surface area contributed by atoms with Crippen molar-refractivity contribution in [2.75, 3.05) is 26.2 Å². The lowest BCUT2D eigenvalue weighted by atomic mass is 10.1. The molecule has 0 aromatic carbocycles. The van der Waals surface area contributed by atoms with Gasteiger partial charge in [0.15, 0.2) is 0 Å². The summed E-state index contributed by atoms with van der Waals surface area (Å²) in [5.74, 6) is 1.55. The van der Waals surface area contributed by atoms with Gasteiger partial charge in [0.2, 0.25) is 0 Å². The lowest BCUT2D eigenvalue weighted by molar-refractivity contribution is 0.212. The molecule has 2 nitrogen and oxygen atoms in total. The van der Waals surface area contributed by atoms with Crippen LogP contribution >= 0.6 is 0 Å². The second-order valence-corrected chi connectivity index (χ2v) is 6.75. The van der Waals surface area contributed by atoms with Gasteiger partial charge >= 0.3 is 0 Å². The average molecular weight is 271 g/mol. The molecule has 116 valence electrons. The maximum Gasteiger partial charge on any atom is 0.00649 e. The molecule has 0 rings (SSSR count). The Balaban J connectivity index is 3.94. The molecule has 0 aromatic rings. The molecule has 0 amide bonds. The van der Waals surface area contributed by atoms with Gasteiger partial charge in [-0.1, -0.05) is 41.5 Å². The molecule has 0 bridgehead atoms. The zero-order valence-corrected chi connectivity index (χ0v) is 14.3. The van der Waals surface area contributed by atoms with Crippen molar-refractivity contribution in [3.63, 3.8) is 0 Å². The van der Waals surface area contributed by atoms with Gasteiger partial charge in [-0.15, -0.1) is 0 Å². The third-order valence-corrected chi connectivity index (χ3v) is 3.45. The molecule has 0 aliphatic rings. The maximum atomic E-state index is 3.66. The van der Waals surface area contributed by atoms with Crippen molar-refractivity contribution in [3.8, 4) is 0 Å². The zero-order chi connectivity index (χ0) is 14.7. The second kappa shape index (κ2) is 11.7. The quantitative estimate of drug-likeness (QED) is 0.573. The van der Waals surface area contributed by atoms with Gasteiger partial charge in [-0.05, 0) is 50.6 Å². The van der Waals surface area contributed by atoms with Crippen molar-refractivity contribution in [3.05, 3.63) is 0 Å². The Morgan fingerprint density at radius 1 is 0.947 bits per heavy atom. The Morgan fingerprint density at radius 3 is 1.95 bits per heavy atom. The van der Waals surface area contributed by atoms with Crippen molar-refractivity contribution in [2.24, 2.45) is 11.8 Å². The van der Waals surface area contributed by atoms with Crippen LogP contribution in [0.1, 0.15) is 67.2 Å². The van der Waals surface area contributed by atoms with Gasteiger partial charge in [0, 0.05) is 19.1 Å². The molecule has 0 fully saturated rings. The van der Waals surface area contributed by atoms with Gasteiger partial charge in [-0.3, -0.25) is 0 Å². The normalized spacial score (nSPS) is 13.7. The first-order valence-corrected chi connectivity index (χ1v) is 8.45. The smallest absolute Gasteiger partial charge is 0.00649 e. The summed E-state index contributed by atoms with van der Waals surface area (Å²) in [6, 6.07) is 0.722. The summed E-state index contributed by atoms with van der Waals surface area (Å²) in [7, 11) is 0. The predicted octanol–water partition coefficient (Wildman–Crippen LogP) is 4.16. The minimum absolute atomic E-state index is 0.722. The first-order valence-electron chi connectivity index (χ1n) is 8.45. The van der Waals surface area contributed by atoms with E-state index in [0.717, 1.165) is 17.9 Å². The monoisotopic (exact) mass is 270 g/mol. The molecule has 1 N–H and O–H groups in total. The van der Waals surface area contributed by atoms with E-state index < -0.39 is 0 Å². The topological polar surface area (TPSA) is 15.3 Å². The van der Waals surface area contributed by atoms with E-state index in [4.69, 9.17) is 0 Å². The van der Waals surface area contributed by atoms with Gasteiger partial charge < -0.3 is 10.2 Å². The summed E-state index contributed by atoms with van der Waals surface area (Å²) in [6.45, 7) is 18.8. The maximum absolute atomic E-state index is 3.66. The van der Waals surface area contributed by atoms with Crippen LogP contribution in [0.3, 0.4) is 0 Å². The van der Waals surface area contributed by atoms with E-state index in [1.165, 1.54) is 51.9 Å². The van der Waals surface area contributed by atoms with Crippen LogP contribution in [0.5, 0.6) is 0 Å². The molecule has 0 heterocycles. The number of nitrogens with zero attached hydrogens (tertiary/aromatic N) is 1. The Kier molecular flexibility index (Phi) is 11.7. The average Bonchev–Trinajstić information content (AvgIpc) is 2.31. The van der Waals surface area contributed by atoms with E-state index in [0.29, 0.717) is 0 Å². The van der Waals surface area contributed by atoms with Crippen molar-refractivity contribution in [2.45, 2.75) is 73.3 Å². The van der Waals surface area contributed by atoms with Crippen LogP contribution in [0.2, 0.25) is 0 Å². The van der Waals surface area contributed by atoms with Crippen molar-refractivity contribution in [1.82, 2.24) is 10.2 Å². The van der Waals surface area contributed by atoms with E-state index in [1.54, 1.807) is 0 Å². The molecule has 19 heavy (non-hydrogen) atoms. The number of hydrogen-bond donors (Lipinski definition) is 1. The third-order valence-electron chi connectivity index (χ3n) is 3.45. The van der Waals surface area contributed by atoms with E-state index in [-0.39, 0.29) is 0 Å². The molecule has 0 saturated carbocycles. The molecular formula is C17H38N2. The van der Waals surface area contributed by atoms with Crippen molar-refractivity contribution < 1.29 is 0 Å². The van der Waals surface area contributed by atoms with Crippen LogP contribution < -0.4 is 5.32 Å². The summed E-state index contributed by atoms with van der Waals surface area (Å²) >= 11 is 0. The lowest BCUT2D eigenvalue weighted by Gasteiger charge is -2.27. The highest BCUT2D eigenvalue weighted by atomic mass is 15.1. The van der Waals surface area contributed by atoms with Crippen LogP contribution in [-0.2, 0) is 0 Å². The van der Waals surface area contributed by atoms with Crippen LogP contribution in [-0.4, -0.2) is 37.1 Å². The molecule has 0 spiro atoms. The first kappa shape index (κ1) is 18.9. The highest BCUT2D eigenvalue weighted by Gasteiger charge is 2.11. The highest BCUT2D eigenvalue weighted by Crippen LogP contribution is 2.08. The number of nitrogens with one attached hydrogen (secondary N) is 1. The first-order chi connectivity index (χ1) is 8.99. The van der Waals surface area contributed by atoms with E-state index in [2.05, 4.69) is 51.8 Å². The summed E-state index contributed by atoms with van der Waals surface area (Å²) in [5.41, 5.74) is 0. The fourth-order valence-corrected chi connectivity index (χ4v) is 2.65. The molecule has 1 unspecified atom stereocenters. The molecule has 1 atom stereocenters. The minimum Gasteiger partial charge on any atom is -0.314 e. The van der Waals surface area contributed by atoms with Gasteiger partial charge in [0.05, 0.1) is 0 Å². The SMILES string of the molecule is CCCNC(CC)CCCN(CC(C)C)CC(C)C. The van der Waals surface area contributed by atoms with Crippen LogP contribution in [0.25, 0.3) is 0 Å². The van der Waals surface area contributed by atoms with Crippen molar-refractivity contribution in [1.29, 1.82) is 0 Å².